The molecule has 2 atom stereocenters. The van der Waals surface area contributed by atoms with E-state index in [1.807, 2.05) is 18.3 Å². The Morgan fingerprint density at radius 3 is 2.53 bits per heavy atom. The first kappa shape index (κ1) is 20.6. The van der Waals surface area contributed by atoms with Gasteiger partial charge in [-0.15, -0.1) is 0 Å². The van der Waals surface area contributed by atoms with E-state index in [2.05, 4.69) is 84.7 Å². The second-order valence-electron chi connectivity index (χ2n) is 8.01. The smallest absolute Gasteiger partial charge is 0.170 e. The van der Waals surface area contributed by atoms with E-state index >= 15 is 0 Å². The highest BCUT2D eigenvalue weighted by Gasteiger charge is 2.40. The van der Waals surface area contributed by atoms with Gasteiger partial charge in [0.25, 0.3) is 0 Å². The SMILES string of the molecule is CCc1cccc(C)c1-n1c(C)cc(C2C(c3ccccn3)NC(=S)N2CC)c1C. The van der Waals surface area contributed by atoms with Gasteiger partial charge in [0.1, 0.15) is 0 Å². The number of aryl methyl sites for hydroxylation is 3. The standard InChI is InChI=1S/C25H30N4S/c1-6-19-12-10-11-16(3)23(19)29-17(4)15-20(18(29)5)24-22(21-13-8-9-14-26-21)27-25(30)28(24)7-2/h8-15,22,24H,6-7H2,1-5H3,(H,27,30). The van der Waals surface area contributed by atoms with Crippen molar-refractivity contribution in [2.75, 3.05) is 6.54 Å². The van der Waals surface area contributed by atoms with E-state index in [9.17, 15) is 0 Å². The molecule has 1 aliphatic heterocycles. The number of rotatable bonds is 5. The van der Waals surface area contributed by atoms with Crippen molar-refractivity contribution in [3.63, 3.8) is 0 Å². The average molecular weight is 419 g/mol. The fourth-order valence-electron chi connectivity index (χ4n) is 4.84. The van der Waals surface area contributed by atoms with Gasteiger partial charge < -0.3 is 14.8 Å². The van der Waals surface area contributed by atoms with E-state index in [0.29, 0.717) is 0 Å². The van der Waals surface area contributed by atoms with Gasteiger partial charge in [0.05, 0.1) is 23.5 Å². The topological polar surface area (TPSA) is 33.1 Å². The number of pyridine rings is 1. The molecule has 2 aromatic heterocycles. The minimum Gasteiger partial charge on any atom is -0.352 e. The summed E-state index contributed by atoms with van der Waals surface area (Å²) in [7, 11) is 0. The van der Waals surface area contributed by atoms with Crippen LogP contribution < -0.4 is 5.32 Å². The molecule has 1 fully saturated rings. The van der Waals surface area contributed by atoms with Crippen LogP contribution in [-0.2, 0) is 6.42 Å². The molecule has 30 heavy (non-hydrogen) atoms. The van der Waals surface area contributed by atoms with E-state index < -0.39 is 0 Å². The molecule has 1 saturated heterocycles. The molecule has 1 N–H and O–H groups in total. The number of benzene rings is 1. The number of nitrogens with one attached hydrogen (secondary N) is 1. The third kappa shape index (κ3) is 3.31. The summed E-state index contributed by atoms with van der Waals surface area (Å²) in [6, 6.07) is 15.2. The summed E-state index contributed by atoms with van der Waals surface area (Å²) in [5, 5.41) is 4.33. The molecule has 5 heteroatoms. The molecule has 0 aliphatic carbocycles. The van der Waals surface area contributed by atoms with Gasteiger partial charge in [0, 0.05) is 24.1 Å². The van der Waals surface area contributed by atoms with Crippen LogP contribution in [0, 0.1) is 20.8 Å². The quantitative estimate of drug-likeness (QED) is 0.566. The first-order valence-corrected chi connectivity index (χ1v) is 11.1. The Kier molecular flexibility index (Phi) is 5.65. The highest BCUT2D eigenvalue weighted by atomic mass is 32.1. The zero-order valence-corrected chi connectivity index (χ0v) is 19.3. The maximum atomic E-state index is 5.71. The van der Waals surface area contributed by atoms with Gasteiger partial charge in [-0.05, 0) is 81.2 Å². The van der Waals surface area contributed by atoms with Gasteiger partial charge in [-0.3, -0.25) is 4.98 Å². The molecule has 0 spiro atoms. The molecule has 3 heterocycles. The number of aromatic nitrogens is 2. The summed E-state index contributed by atoms with van der Waals surface area (Å²) in [6.45, 7) is 11.9. The molecule has 0 radical (unpaired) electrons. The monoisotopic (exact) mass is 418 g/mol. The predicted octanol–water partition coefficient (Wildman–Crippen LogP) is 5.35. The summed E-state index contributed by atoms with van der Waals surface area (Å²) in [5.74, 6) is 0. The van der Waals surface area contributed by atoms with Crippen LogP contribution in [0.2, 0.25) is 0 Å². The minimum atomic E-state index is 0.0371. The first-order valence-electron chi connectivity index (χ1n) is 10.7. The molecule has 2 unspecified atom stereocenters. The van der Waals surface area contributed by atoms with E-state index in [4.69, 9.17) is 12.2 Å². The zero-order valence-electron chi connectivity index (χ0n) is 18.4. The first-order chi connectivity index (χ1) is 14.5. The predicted molar refractivity (Wildman–Crippen MR) is 127 cm³/mol. The molecule has 3 aromatic rings. The van der Waals surface area contributed by atoms with Gasteiger partial charge in [-0.25, -0.2) is 0 Å². The fraction of sp³-hybridized carbons (Fsp3) is 0.360. The number of thiocarbonyl (C=S) groups is 1. The molecule has 156 valence electrons. The summed E-state index contributed by atoms with van der Waals surface area (Å²) in [5.41, 5.74) is 8.84. The van der Waals surface area contributed by atoms with Crippen molar-refractivity contribution in [1.29, 1.82) is 0 Å². The van der Waals surface area contributed by atoms with Crippen molar-refractivity contribution in [3.05, 3.63) is 82.4 Å². The zero-order chi connectivity index (χ0) is 21.4. The molecule has 0 bridgehead atoms. The molecular formula is C25H30N4S. The molecule has 1 aliphatic rings. The largest absolute Gasteiger partial charge is 0.352 e. The van der Waals surface area contributed by atoms with E-state index in [1.165, 1.54) is 33.8 Å². The van der Waals surface area contributed by atoms with E-state index in [-0.39, 0.29) is 12.1 Å². The van der Waals surface area contributed by atoms with E-state index in [0.717, 1.165) is 23.8 Å². The van der Waals surface area contributed by atoms with Crippen LogP contribution in [-0.4, -0.2) is 26.1 Å². The third-order valence-corrected chi connectivity index (χ3v) is 6.61. The third-order valence-electron chi connectivity index (χ3n) is 6.25. The molecule has 4 nitrogen and oxygen atoms in total. The number of hydrogen-bond acceptors (Lipinski definition) is 2. The lowest BCUT2D eigenvalue weighted by Crippen LogP contribution is -2.29. The molecule has 4 rings (SSSR count). The maximum Gasteiger partial charge on any atom is 0.170 e. The van der Waals surface area contributed by atoms with Crippen LogP contribution in [0.3, 0.4) is 0 Å². The lowest BCUT2D eigenvalue weighted by molar-refractivity contribution is 0.329. The Bertz CT molecular complexity index is 1070. The number of para-hydroxylation sites is 1. The summed E-state index contributed by atoms with van der Waals surface area (Å²) in [4.78, 5) is 6.93. The van der Waals surface area contributed by atoms with Crippen molar-refractivity contribution in [2.24, 2.45) is 0 Å². The van der Waals surface area contributed by atoms with Crippen molar-refractivity contribution < 1.29 is 0 Å². The molecule has 0 amide bonds. The van der Waals surface area contributed by atoms with Gasteiger partial charge in [-0.1, -0.05) is 31.2 Å². The summed E-state index contributed by atoms with van der Waals surface area (Å²) < 4.78 is 2.42. The Morgan fingerprint density at radius 2 is 1.87 bits per heavy atom. The van der Waals surface area contributed by atoms with Crippen LogP contribution in [0.5, 0.6) is 0 Å². The number of hydrogen-bond donors (Lipinski definition) is 1. The highest BCUT2D eigenvalue weighted by Crippen LogP contribution is 2.41. The number of nitrogens with zero attached hydrogens (tertiary/aromatic N) is 3. The Morgan fingerprint density at radius 1 is 1.07 bits per heavy atom. The van der Waals surface area contributed by atoms with Crippen LogP contribution in [0.15, 0.2) is 48.7 Å². The Hall–Kier alpha value is -2.66. The number of likely N-dealkylation sites (N-methyl/N-ethyl adjacent to an activating group) is 1. The second-order valence-corrected chi connectivity index (χ2v) is 8.40. The van der Waals surface area contributed by atoms with Crippen LogP contribution in [0.4, 0.5) is 0 Å². The lowest BCUT2D eigenvalue weighted by atomic mass is 9.96. The average Bonchev–Trinajstić information content (AvgIpc) is 3.23. The van der Waals surface area contributed by atoms with Crippen LogP contribution >= 0.6 is 12.2 Å². The van der Waals surface area contributed by atoms with Crippen molar-refractivity contribution in [3.8, 4) is 5.69 Å². The molecule has 0 saturated carbocycles. The van der Waals surface area contributed by atoms with Gasteiger partial charge in [0.15, 0.2) is 5.11 Å². The van der Waals surface area contributed by atoms with E-state index in [1.54, 1.807) is 0 Å². The summed E-state index contributed by atoms with van der Waals surface area (Å²) in [6.07, 6.45) is 2.87. The van der Waals surface area contributed by atoms with Crippen molar-refractivity contribution in [2.45, 2.75) is 53.1 Å². The molecular weight excluding hydrogens is 388 g/mol. The van der Waals surface area contributed by atoms with Crippen LogP contribution in [0.25, 0.3) is 5.69 Å². The summed E-state index contributed by atoms with van der Waals surface area (Å²) >= 11 is 5.71. The van der Waals surface area contributed by atoms with Crippen molar-refractivity contribution >= 4 is 17.3 Å². The highest BCUT2D eigenvalue weighted by molar-refractivity contribution is 7.80. The fourth-order valence-corrected chi connectivity index (χ4v) is 5.21. The van der Waals surface area contributed by atoms with Gasteiger partial charge >= 0.3 is 0 Å². The second kappa shape index (κ2) is 8.23. The molecule has 1 aromatic carbocycles. The Labute approximate surface area is 184 Å². The maximum absolute atomic E-state index is 5.71. The van der Waals surface area contributed by atoms with Gasteiger partial charge in [0.2, 0.25) is 0 Å². The van der Waals surface area contributed by atoms with Crippen LogP contribution in [0.1, 0.15) is 59.7 Å². The Balaban J connectivity index is 1.88. The normalized spacial score (nSPS) is 18.7. The van der Waals surface area contributed by atoms with Crippen molar-refractivity contribution in [1.82, 2.24) is 19.8 Å². The van der Waals surface area contributed by atoms with Gasteiger partial charge in [-0.2, -0.15) is 0 Å². The minimum absolute atomic E-state index is 0.0371. The lowest BCUT2D eigenvalue weighted by Gasteiger charge is -2.27.